The van der Waals surface area contributed by atoms with Gasteiger partial charge >= 0.3 is 0 Å². The summed E-state index contributed by atoms with van der Waals surface area (Å²) in [5, 5.41) is 3.26. The first kappa shape index (κ1) is 13.1. The normalized spacial score (nSPS) is 18.9. The molecule has 1 aliphatic heterocycles. The molecule has 18 heavy (non-hydrogen) atoms. The highest BCUT2D eigenvalue weighted by molar-refractivity contribution is 5.79. The highest BCUT2D eigenvalue weighted by atomic mass is 16.2. The van der Waals surface area contributed by atoms with E-state index in [1.807, 2.05) is 17.0 Å². The second-order valence-corrected chi connectivity index (χ2v) is 4.97. The average Bonchev–Trinajstić information content (AvgIpc) is 2.91. The smallest absolute Gasteiger partial charge is 0.227 e. The molecule has 1 atom stereocenters. The molecule has 0 bridgehead atoms. The quantitative estimate of drug-likeness (QED) is 0.880. The van der Waals surface area contributed by atoms with E-state index in [4.69, 9.17) is 0 Å². The van der Waals surface area contributed by atoms with Gasteiger partial charge in [-0.1, -0.05) is 24.3 Å². The third-order valence-electron chi connectivity index (χ3n) is 3.73. The summed E-state index contributed by atoms with van der Waals surface area (Å²) in [7, 11) is 0. The van der Waals surface area contributed by atoms with Gasteiger partial charge in [0, 0.05) is 19.6 Å². The van der Waals surface area contributed by atoms with Crippen molar-refractivity contribution in [3.8, 4) is 0 Å². The third-order valence-corrected chi connectivity index (χ3v) is 3.73. The molecule has 1 heterocycles. The van der Waals surface area contributed by atoms with Crippen LogP contribution in [0.25, 0.3) is 0 Å². The maximum Gasteiger partial charge on any atom is 0.227 e. The molecule has 2 rings (SSSR count). The Hall–Kier alpha value is -1.35. The van der Waals surface area contributed by atoms with Gasteiger partial charge < -0.3 is 10.2 Å². The number of rotatable bonds is 4. The number of hydrogen-bond donors (Lipinski definition) is 1. The Bertz CT molecular complexity index is 411. The number of amides is 1. The fourth-order valence-electron chi connectivity index (χ4n) is 2.46. The number of hydrogen-bond acceptors (Lipinski definition) is 2. The predicted octanol–water partition coefficient (Wildman–Crippen LogP) is 1.95. The molecule has 1 aliphatic rings. The molecule has 3 nitrogen and oxygen atoms in total. The summed E-state index contributed by atoms with van der Waals surface area (Å²) in [6, 6.07) is 8.29. The SMILES string of the molecule is CCN(Cc1ccccc1C)C(=O)[C@H]1CCNC1. The Morgan fingerprint density at radius 1 is 1.44 bits per heavy atom. The predicted molar refractivity (Wildman–Crippen MR) is 73.2 cm³/mol. The molecule has 1 saturated heterocycles. The summed E-state index contributed by atoms with van der Waals surface area (Å²) >= 11 is 0. The number of aryl methyl sites for hydroxylation is 1. The molecule has 1 amide bonds. The molecule has 1 N–H and O–H groups in total. The zero-order valence-electron chi connectivity index (χ0n) is 11.3. The van der Waals surface area contributed by atoms with E-state index in [1.54, 1.807) is 0 Å². The summed E-state index contributed by atoms with van der Waals surface area (Å²) in [4.78, 5) is 14.4. The van der Waals surface area contributed by atoms with Crippen LogP contribution in [0.1, 0.15) is 24.5 Å². The third kappa shape index (κ3) is 2.91. The summed E-state index contributed by atoms with van der Waals surface area (Å²) < 4.78 is 0. The molecule has 1 aromatic carbocycles. The van der Waals surface area contributed by atoms with Gasteiger partial charge in [-0.2, -0.15) is 0 Å². The zero-order chi connectivity index (χ0) is 13.0. The van der Waals surface area contributed by atoms with Gasteiger partial charge in [0.1, 0.15) is 0 Å². The van der Waals surface area contributed by atoms with Crippen LogP contribution in [-0.2, 0) is 11.3 Å². The summed E-state index contributed by atoms with van der Waals surface area (Å²) in [6.07, 6.45) is 0.975. The molecule has 1 fully saturated rings. The van der Waals surface area contributed by atoms with Crippen molar-refractivity contribution in [1.82, 2.24) is 10.2 Å². The lowest BCUT2D eigenvalue weighted by Crippen LogP contribution is -2.36. The van der Waals surface area contributed by atoms with Crippen LogP contribution in [0.4, 0.5) is 0 Å². The van der Waals surface area contributed by atoms with Crippen molar-refractivity contribution in [1.29, 1.82) is 0 Å². The van der Waals surface area contributed by atoms with Crippen LogP contribution in [0.3, 0.4) is 0 Å². The molecular weight excluding hydrogens is 224 g/mol. The van der Waals surface area contributed by atoms with Gasteiger partial charge in [0.25, 0.3) is 0 Å². The second-order valence-electron chi connectivity index (χ2n) is 4.97. The minimum absolute atomic E-state index is 0.175. The average molecular weight is 246 g/mol. The van der Waals surface area contributed by atoms with Crippen LogP contribution < -0.4 is 5.32 Å². The molecule has 0 aliphatic carbocycles. The van der Waals surface area contributed by atoms with Crippen molar-refractivity contribution in [2.75, 3.05) is 19.6 Å². The second kappa shape index (κ2) is 6.01. The zero-order valence-corrected chi connectivity index (χ0v) is 11.3. The van der Waals surface area contributed by atoms with Crippen molar-refractivity contribution in [3.05, 3.63) is 35.4 Å². The first-order valence-electron chi connectivity index (χ1n) is 6.76. The van der Waals surface area contributed by atoms with Gasteiger partial charge in [0.15, 0.2) is 0 Å². The number of nitrogens with zero attached hydrogens (tertiary/aromatic N) is 1. The van der Waals surface area contributed by atoms with E-state index in [-0.39, 0.29) is 5.92 Å². The highest BCUT2D eigenvalue weighted by Gasteiger charge is 2.26. The van der Waals surface area contributed by atoms with E-state index >= 15 is 0 Å². The van der Waals surface area contributed by atoms with Gasteiger partial charge in [-0.25, -0.2) is 0 Å². The Kier molecular flexibility index (Phi) is 4.37. The summed E-state index contributed by atoms with van der Waals surface area (Å²) in [6.45, 7) is 7.48. The van der Waals surface area contributed by atoms with Crippen molar-refractivity contribution < 1.29 is 4.79 Å². The minimum Gasteiger partial charge on any atom is -0.338 e. The van der Waals surface area contributed by atoms with E-state index in [0.29, 0.717) is 5.91 Å². The molecule has 0 radical (unpaired) electrons. The fourth-order valence-corrected chi connectivity index (χ4v) is 2.46. The lowest BCUT2D eigenvalue weighted by molar-refractivity contribution is -0.135. The fraction of sp³-hybridized carbons (Fsp3) is 0.533. The van der Waals surface area contributed by atoms with Gasteiger partial charge in [0.05, 0.1) is 5.92 Å². The number of carbonyl (C=O) groups excluding carboxylic acids is 1. The van der Waals surface area contributed by atoms with Crippen molar-refractivity contribution in [2.24, 2.45) is 5.92 Å². The molecule has 98 valence electrons. The van der Waals surface area contributed by atoms with E-state index in [2.05, 4.69) is 31.3 Å². The largest absolute Gasteiger partial charge is 0.338 e. The number of benzene rings is 1. The Balaban J connectivity index is 2.05. The topological polar surface area (TPSA) is 32.3 Å². The Labute approximate surface area is 109 Å². The van der Waals surface area contributed by atoms with E-state index in [0.717, 1.165) is 32.6 Å². The van der Waals surface area contributed by atoms with Crippen LogP contribution in [0.15, 0.2) is 24.3 Å². The Morgan fingerprint density at radius 2 is 2.22 bits per heavy atom. The molecule has 0 aromatic heterocycles. The molecule has 0 saturated carbocycles. The maximum atomic E-state index is 12.4. The van der Waals surface area contributed by atoms with Crippen LogP contribution >= 0.6 is 0 Å². The summed E-state index contributed by atoms with van der Waals surface area (Å²) in [5.41, 5.74) is 2.51. The van der Waals surface area contributed by atoms with Crippen LogP contribution in [-0.4, -0.2) is 30.4 Å². The minimum atomic E-state index is 0.175. The van der Waals surface area contributed by atoms with E-state index < -0.39 is 0 Å². The van der Waals surface area contributed by atoms with Gasteiger partial charge in [-0.05, 0) is 37.9 Å². The number of carbonyl (C=O) groups is 1. The first-order chi connectivity index (χ1) is 8.72. The van der Waals surface area contributed by atoms with Gasteiger partial charge in [-0.3, -0.25) is 4.79 Å². The van der Waals surface area contributed by atoms with Crippen LogP contribution in [0.5, 0.6) is 0 Å². The van der Waals surface area contributed by atoms with Crippen molar-refractivity contribution in [3.63, 3.8) is 0 Å². The first-order valence-corrected chi connectivity index (χ1v) is 6.76. The van der Waals surface area contributed by atoms with Gasteiger partial charge in [0.2, 0.25) is 5.91 Å². The van der Waals surface area contributed by atoms with E-state index in [1.165, 1.54) is 11.1 Å². The lowest BCUT2D eigenvalue weighted by atomic mass is 10.1. The standard InChI is InChI=1S/C15H22N2O/c1-3-17(15(18)13-8-9-16-10-13)11-14-7-5-4-6-12(14)2/h4-7,13,16H,3,8-11H2,1-2H3/t13-/m0/s1. The van der Waals surface area contributed by atoms with Crippen LogP contribution in [0, 0.1) is 12.8 Å². The van der Waals surface area contributed by atoms with Crippen molar-refractivity contribution in [2.45, 2.75) is 26.8 Å². The molecule has 0 unspecified atom stereocenters. The molecule has 3 heteroatoms. The molecule has 1 aromatic rings. The number of nitrogens with one attached hydrogen (secondary N) is 1. The Morgan fingerprint density at radius 3 is 2.83 bits per heavy atom. The van der Waals surface area contributed by atoms with Gasteiger partial charge in [-0.15, -0.1) is 0 Å². The lowest BCUT2D eigenvalue weighted by Gasteiger charge is -2.24. The maximum absolute atomic E-state index is 12.4. The molecular formula is C15H22N2O. The van der Waals surface area contributed by atoms with Crippen molar-refractivity contribution >= 4 is 5.91 Å². The van der Waals surface area contributed by atoms with Crippen LogP contribution in [0.2, 0.25) is 0 Å². The highest BCUT2D eigenvalue weighted by Crippen LogP contribution is 2.16. The molecule has 0 spiro atoms. The summed E-state index contributed by atoms with van der Waals surface area (Å²) in [5.74, 6) is 0.472. The van der Waals surface area contributed by atoms with E-state index in [9.17, 15) is 4.79 Å². The monoisotopic (exact) mass is 246 g/mol.